The predicted molar refractivity (Wildman–Crippen MR) is 101 cm³/mol. The van der Waals surface area contributed by atoms with E-state index < -0.39 is 17.4 Å². The number of carbonyl (C=O) groups excluding carboxylic acids is 3. The van der Waals surface area contributed by atoms with Gasteiger partial charge in [0.1, 0.15) is 0 Å². The van der Waals surface area contributed by atoms with Crippen molar-refractivity contribution in [2.75, 3.05) is 13.2 Å². The van der Waals surface area contributed by atoms with Gasteiger partial charge in [-0.15, -0.1) is 0 Å². The number of Topliss-reactive ketones (excluding diaryl/α,β-unsaturated/α-hetero) is 1. The molecular weight excluding hydrogens is 344 g/mol. The zero-order chi connectivity index (χ0) is 19.6. The molecule has 2 atom stereocenters. The Balaban J connectivity index is 2.11. The van der Waals surface area contributed by atoms with E-state index in [1.807, 2.05) is 37.3 Å². The number of carbonyl (C=O) groups is 3. The molecular formula is C22H26O5. The molecule has 0 amide bonds. The van der Waals surface area contributed by atoms with Gasteiger partial charge in [0.25, 0.3) is 0 Å². The summed E-state index contributed by atoms with van der Waals surface area (Å²) >= 11 is 0. The Hall–Kier alpha value is -2.43. The smallest absolute Gasteiger partial charge is 0.323 e. The Labute approximate surface area is 159 Å². The van der Waals surface area contributed by atoms with Gasteiger partial charge >= 0.3 is 11.9 Å². The molecule has 0 saturated heterocycles. The second kappa shape index (κ2) is 7.67. The number of rotatable bonds is 5. The van der Waals surface area contributed by atoms with Gasteiger partial charge in [-0.1, -0.05) is 42.8 Å². The van der Waals surface area contributed by atoms with Gasteiger partial charge in [0, 0.05) is 11.5 Å². The molecule has 2 aliphatic rings. The van der Waals surface area contributed by atoms with Crippen LogP contribution in [0, 0.1) is 17.3 Å². The Morgan fingerprint density at radius 2 is 1.67 bits per heavy atom. The van der Waals surface area contributed by atoms with Crippen LogP contribution in [0.25, 0.3) is 5.57 Å². The highest BCUT2D eigenvalue weighted by Gasteiger charge is 2.58. The molecule has 2 aliphatic carbocycles. The number of benzene rings is 1. The summed E-state index contributed by atoms with van der Waals surface area (Å²) in [7, 11) is 0. The Bertz CT molecular complexity index is 759. The molecule has 0 radical (unpaired) electrons. The Morgan fingerprint density at radius 1 is 1.07 bits per heavy atom. The van der Waals surface area contributed by atoms with Gasteiger partial charge < -0.3 is 9.47 Å². The highest BCUT2D eigenvalue weighted by molar-refractivity contribution is 6.23. The molecule has 0 bridgehead atoms. The largest absolute Gasteiger partial charge is 0.465 e. The Morgan fingerprint density at radius 3 is 2.22 bits per heavy atom. The van der Waals surface area contributed by atoms with Crippen molar-refractivity contribution in [3.63, 3.8) is 0 Å². The van der Waals surface area contributed by atoms with E-state index in [0.717, 1.165) is 11.1 Å². The van der Waals surface area contributed by atoms with Crippen LogP contribution in [0.15, 0.2) is 35.9 Å². The molecule has 0 spiro atoms. The zero-order valence-corrected chi connectivity index (χ0v) is 16.1. The fourth-order valence-corrected chi connectivity index (χ4v) is 4.41. The second-order valence-electron chi connectivity index (χ2n) is 7.37. The van der Waals surface area contributed by atoms with E-state index in [-0.39, 0.29) is 37.3 Å². The summed E-state index contributed by atoms with van der Waals surface area (Å²) in [5.74, 6) is -1.15. The molecule has 0 unspecified atom stereocenters. The van der Waals surface area contributed by atoms with Crippen LogP contribution in [-0.4, -0.2) is 30.9 Å². The van der Waals surface area contributed by atoms with Gasteiger partial charge in [-0.2, -0.15) is 0 Å². The SMILES string of the molecule is CCOC(=O)C1(C(=O)OCC)CC2=C(c3ccccc3)C(=O)[C@H](C)C[C@@H]2C1. The highest BCUT2D eigenvalue weighted by atomic mass is 16.6. The molecule has 5 heteroatoms. The first-order chi connectivity index (χ1) is 12.9. The standard InChI is InChI=1S/C22H26O5/c1-4-26-20(24)22(21(25)27-5-2)12-16-11-14(3)19(23)18(17(16)13-22)15-9-7-6-8-10-15/h6-10,14,16H,4-5,11-13H2,1-3H3/t14-,16-/m1/s1. The third-order valence-corrected chi connectivity index (χ3v) is 5.63. The van der Waals surface area contributed by atoms with Gasteiger partial charge in [-0.25, -0.2) is 0 Å². The maximum atomic E-state index is 13.0. The van der Waals surface area contributed by atoms with Crippen molar-refractivity contribution in [1.29, 1.82) is 0 Å². The summed E-state index contributed by atoms with van der Waals surface area (Å²) in [6, 6.07) is 9.50. The summed E-state index contributed by atoms with van der Waals surface area (Å²) in [4.78, 5) is 38.6. The molecule has 1 aromatic rings. The van der Waals surface area contributed by atoms with E-state index >= 15 is 0 Å². The minimum absolute atomic E-state index is 0.00159. The van der Waals surface area contributed by atoms with Crippen LogP contribution in [-0.2, 0) is 23.9 Å². The molecule has 0 N–H and O–H groups in total. The Kier molecular flexibility index (Phi) is 5.49. The molecule has 1 saturated carbocycles. The van der Waals surface area contributed by atoms with Gasteiger partial charge in [-0.05, 0) is 44.6 Å². The van der Waals surface area contributed by atoms with Crippen LogP contribution in [0.4, 0.5) is 0 Å². The number of hydrogen-bond donors (Lipinski definition) is 0. The summed E-state index contributed by atoms with van der Waals surface area (Å²) in [5, 5.41) is 0. The highest BCUT2D eigenvalue weighted by Crippen LogP contribution is 2.54. The van der Waals surface area contributed by atoms with Gasteiger partial charge in [0.2, 0.25) is 0 Å². The van der Waals surface area contributed by atoms with E-state index in [2.05, 4.69) is 0 Å². The fourth-order valence-electron chi connectivity index (χ4n) is 4.41. The van der Waals surface area contributed by atoms with Crippen LogP contribution in [0.5, 0.6) is 0 Å². The monoisotopic (exact) mass is 370 g/mol. The zero-order valence-electron chi connectivity index (χ0n) is 16.1. The summed E-state index contributed by atoms with van der Waals surface area (Å²) in [6.07, 6.45) is 1.18. The first kappa shape index (κ1) is 19.3. The molecule has 0 heterocycles. The van der Waals surface area contributed by atoms with Crippen molar-refractivity contribution in [2.45, 2.75) is 40.0 Å². The van der Waals surface area contributed by atoms with E-state index in [1.54, 1.807) is 13.8 Å². The molecule has 27 heavy (non-hydrogen) atoms. The molecule has 0 aliphatic heterocycles. The van der Waals surface area contributed by atoms with E-state index in [9.17, 15) is 14.4 Å². The van der Waals surface area contributed by atoms with Crippen molar-refractivity contribution < 1.29 is 23.9 Å². The fraction of sp³-hybridized carbons (Fsp3) is 0.500. The quantitative estimate of drug-likeness (QED) is 0.585. The van der Waals surface area contributed by atoms with Crippen molar-refractivity contribution in [3.05, 3.63) is 41.5 Å². The number of esters is 2. The van der Waals surface area contributed by atoms with Crippen molar-refractivity contribution >= 4 is 23.3 Å². The minimum atomic E-state index is -1.35. The molecule has 144 valence electrons. The molecule has 5 nitrogen and oxygen atoms in total. The first-order valence-electron chi connectivity index (χ1n) is 9.61. The van der Waals surface area contributed by atoms with Crippen molar-refractivity contribution in [2.24, 2.45) is 17.3 Å². The number of hydrogen-bond acceptors (Lipinski definition) is 5. The third-order valence-electron chi connectivity index (χ3n) is 5.63. The predicted octanol–water partition coefficient (Wildman–Crippen LogP) is 3.57. The lowest BCUT2D eigenvalue weighted by molar-refractivity contribution is -0.171. The van der Waals surface area contributed by atoms with Crippen molar-refractivity contribution in [3.8, 4) is 0 Å². The lowest BCUT2D eigenvalue weighted by atomic mass is 9.76. The number of allylic oxidation sites excluding steroid dienone is 2. The van der Waals surface area contributed by atoms with Gasteiger partial charge in [0.05, 0.1) is 13.2 Å². The maximum absolute atomic E-state index is 13.0. The van der Waals surface area contributed by atoms with Crippen LogP contribution < -0.4 is 0 Å². The van der Waals surface area contributed by atoms with E-state index in [0.29, 0.717) is 18.4 Å². The maximum Gasteiger partial charge on any atom is 0.323 e. The molecule has 1 aromatic carbocycles. The third kappa shape index (κ3) is 3.31. The topological polar surface area (TPSA) is 69.7 Å². The molecule has 3 rings (SSSR count). The first-order valence-corrected chi connectivity index (χ1v) is 9.61. The summed E-state index contributed by atoms with van der Waals surface area (Å²) < 4.78 is 10.5. The lowest BCUT2D eigenvalue weighted by Crippen LogP contribution is -2.40. The minimum Gasteiger partial charge on any atom is -0.465 e. The molecule has 1 fully saturated rings. The normalized spacial score (nSPS) is 23.7. The average molecular weight is 370 g/mol. The van der Waals surface area contributed by atoms with Crippen LogP contribution in [0.3, 0.4) is 0 Å². The number of ketones is 1. The molecule has 0 aromatic heterocycles. The second-order valence-corrected chi connectivity index (χ2v) is 7.37. The number of ether oxygens (including phenoxy) is 2. The van der Waals surface area contributed by atoms with Crippen LogP contribution >= 0.6 is 0 Å². The summed E-state index contributed by atoms with van der Waals surface area (Å²) in [6.45, 7) is 5.75. The lowest BCUT2D eigenvalue weighted by Gasteiger charge is -2.27. The van der Waals surface area contributed by atoms with E-state index in [1.165, 1.54) is 0 Å². The number of fused-ring (bicyclic) bond motifs is 1. The summed E-state index contributed by atoms with van der Waals surface area (Å²) in [5.41, 5.74) is 1.05. The van der Waals surface area contributed by atoms with Gasteiger partial charge in [-0.3, -0.25) is 14.4 Å². The van der Waals surface area contributed by atoms with Crippen molar-refractivity contribution in [1.82, 2.24) is 0 Å². The van der Waals surface area contributed by atoms with Gasteiger partial charge in [0.15, 0.2) is 11.2 Å². The van der Waals surface area contributed by atoms with Crippen LogP contribution in [0.1, 0.15) is 45.6 Å². The van der Waals surface area contributed by atoms with E-state index in [4.69, 9.17) is 9.47 Å². The van der Waals surface area contributed by atoms with Crippen LogP contribution in [0.2, 0.25) is 0 Å². The average Bonchev–Trinajstić information content (AvgIpc) is 3.04.